The number of halogens is 3. The van der Waals surface area contributed by atoms with Crippen molar-refractivity contribution in [3.8, 4) is 5.75 Å². The van der Waals surface area contributed by atoms with Gasteiger partial charge in [-0.05, 0) is 12.1 Å². The van der Waals surface area contributed by atoms with Gasteiger partial charge in [0.05, 0.1) is 11.0 Å². The van der Waals surface area contributed by atoms with Gasteiger partial charge in [0.25, 0.3) is 0 Å². The van der Waals surface area contributed by atoms with E-state index >= 15 is 0 Å². The summed E-state index contributed by atoms with van der Waals surface area (Å²) in [5, 5.41) is 0. The van der Waals surface area contributed by atoms with Crippen molar-refractivity contribution in [2.24, 2.45) is 0 Å². The van der Waals surface area contributed by atoms with E-state index in [2.05, 4.69) is 21.3 Å². The molecule has 0 radical (unpaired) electrons. The van der Waals surface area contributed by atoms with Crippen LogP contribution in [-0.4, -0.2) is 16.3 Å². The van der Waals surface area contributed by atoms with Gasteiger partial charge in [-0.2, -0.15) is 0 Å². The number of aromatic amines is 1. The molecule has 6 heteroatoms. The lowest BCUT2D eigenvalue weighted by atomic mass is 10.3. The molecular formula is C11H9F3N2O. The minimum absolute atomic E-state index is 0.276. The summed E-state index contributed by atoms with van der Waals surface area (Å²) in [4.78, 5) is 7.09. The van der Waals surface area contributed by atoms with E-state index in [1.807, 2.05) is 0 Å². The predicted octanol–water partition coefficient (Wildman–Crippen LogP) is 3.19. The van der Waals surface area contributed by atoms with Crippen LogP contribution in [0.5, 0.6) is 5.75 Å². The highest BCUT2D eigenvalue weighted by Crippen LogP contribution is 2.25. The summed E-state index contributed by atoms with van der Waals surface area (Å²) < 4.78 is 39.8. The SMILES string of the molecule is C=CCc1nc2cc(OC(F)(F)F)ccc2[nH]1. The van der Waals surface area contributed by atoms with Gasteiger partial charge in [-0.3, -0.25) is 0 Å². The third kappa shape index (κ3) is 2.77. The molecule has 0 aliphatic rings. The Morgan fingerprint density at radius 1 is 1.41 bits per heavy atom. The number of imidazole rings is 1. The average molecular weight is 242 g/mol. The number of ether oxygens (including phenoxy) is 1. The van der Waals surface area contributed by atoms with Gasteiger partial charge in [0.1, 0.15) is 11.6 Å². The summed E-state index contributed by atoms with van der Waals surface area (Å²) in [6.07, 6.45) is -2.50. The fraction of sp³-hybridized carbons (Fsp3) is 0.182. The molecule has 1 heterocycles. The molecule has 1 N–H and O–H groups in total. The summed E-state index contributed by atoms with van der Waals surface area (Å²) in [5.74, 6) is 0.376. The van der Waals surface area contributed by atoms with E-state index in [0.29, 0.717) is 23.3 Å². The van der Waals surface area contributed by atoms with Crippen molar-refractivity contribution in [1.29, 1.82) is 0 Å². The molecule has 1 aromatic carbocycles. The van der Waals surface area contributed by atoms with Crippen molar-refractivity contribution < 1.29 is 17.9 Å². The zero-order valence-corrected chi connectivity index (χ0v) is 8.71. The number of nitrogens with zero attached hydrogens (tertiary/aromatic N) is 1. The summed E-state index contributed by atoms with van der Waals surface area (Å²) in [5.41, 5.74) is 1.10. The largest absolute Gasteiger partial charge is 0.573 e. The smallest absolute Gasteiger partial charge is 0.406 e. The predicted molar refractivity (Wildman–Crippen MR) is 56.7 cm³/mol. The van der Waals surface area contributed by atoms with E-state index in [4.69, 9.17) is 0 Å². The molecule has 0 bridgehead atoms. The topological polar surface area (TPSA) is 37.9 Å². The fourth-order valence-corrected chi connectivity index (χ4v) is 1.47. The molecule has 1 aromatic heterocycles. The van der Waals surface area contributed by atoms with E-state index < -0.39 is 6.36 Å². The Morgan fingerprint density at radius 2 is 2.18 bits per heavy atom. The van der Waals surface area contributed by atoms with Gasteiger partial charge in [0.2, 0.25) is 0 Å². The van der Waals surface area contributed by atoms with Gasteiger partial charge >= 0.3 is 6.36 Å². The standard InChI is InChI=1S/C11H9F3N2O/c1-2-3-10-15-8-5-4-7(6-9(8)16-10)17-11(12,13)14/h2,4-6H,1,3H2,(H,15,16). The van der Waals surface area contributed by atoms with Gasteiger partial charge in [-0.15, -0.1) is 19.8 Å². The maximum Gasteiger partial charge on any atom is 0.573 e. The first-order valence-electron chi connectivity index (χ1n) is 4.83. The van der Waals surface area contributed by atoms with Gasteiger partial charge < -0.3 is 9.72 Å². The van der Waals surface area contributed by atoms with E-state index in [-0.39, 0.29) is 5.75 Å². The maximum absolute atomic E-state index is 12.0. The Morgan fingerprint density at radius 3 is 2.82 bits per heavy atom. The zero-order chi connectivity index (χ0) is 12.5. The van der Waals surface area contributed by atoms with Crippen LogP contribution in [0.3, 0.4) is 0 Å². The van der Waals surface area contributed by atoms with Gasteiger partial charge in [0.15, 0.2) is 0 Å². The number of nitrogens with one attached hydrogen (secondary N) is 1. The first-order valence-corrected chi connectivity index (χ1v) is 4.83. The molecule has 0 saturated carbocycles. The number of hydrogen-bond acceptors (Lipinski definition) is 2. The average Bonchev–Trinajstić information content (AvgIpc) is 2.57. The van der Waals surface area contributed by atoms with Gasteiger partial charge in [-0.25, -0.2) is 4.98 Å². The van der Waals surface area contributed by atoms with Crippen LogP contribution in [0.1, 0.15) is 5.82 Å². The molecule has 2 aromatic rings. The molecule has 0 aliphatic heterocycles. The van der Waals surface area contributed by atoms with Gasteiger partial charge in [-0.1, -0.05) is 6.08 Å². The molecule has 0 atom stereocenters. The number of allylic oxidation sites excluding steroid dienone is 1. The number of hydrogen-bond donors (Lipinski definition) is 1. The van der Waals surface area contributed by atoms with Crippen molar-refractivity contribution in [2.45, 2.75) is 12.8 Å². The first kappa shape index (κ1) is 11.5. The first-order chi connectivity index (χ1) is 7.98. The number of H-pyrrole nitrogens is 1. The van der Waals surface area contributed by atoms with Crippen molar-refractivity contribution >= 4 is 11.0 Å². The van der Waals surface area contributed by atoms with Crippen LogP contribution in [0.15, 0.2) is 30.9 Å². The Labute approximate surface area is 94.9 Å². The molecule has 90 valence electrons. The second kappa shape index (κ2) is 4.12. The summed E-state index contributed by atoms with van der Waals surface area (Å²) in [6, 6.07) is 3.98. The van der Waals surface area contributed by atoms with Crippen LogP contribution >= 0.6 is 0 Å². The highest BCUT2D eigenvalue weighted by atomic mass is 19.4. The normalized spacial score (nSPS) is 11.7. The maximum atomic E-state index is 12.0. The highest BCUT2D eigenvalue weighted by Gasteiger charge is 2.31. The van der Waals surface area contributed by atoms with Crippen LogP contribution in [0.25, 0.3) is 11.0 Å². The molecule has 17 heavy (non-hydrogen) atoms. The third-order valence-electron chi connectivity index (χ3n) is 2.07. The molecule has 0 aliphatic carbocycles. The molecule has 0 unspecified atom stereocenters. The van der Waals surface area contributed by atoms with Crippen molar-refractivity contribution in [2.75, 3.05) is 0 Å². The quantitative estimate of drug-likeness (QED) is 0.839. The number of rotatable bonds is 3. The number of benzene rings is 1. The van der Waals surface area contributed by atoms with Crippen LogP contribution in [-0.2, 0) is 6.42 Å². The zero-order valence-electron chi connectivity index (χ0n) is 8.71. The lowest BCUT2D eigenvalue weighted by Gasteiger charge is -2.07. The molecule has 3 nitrogen and oxygen atoms in total. The molecule has 0 amide bonds. The minimum Gasteiger partial charge on any atom is -0.406 e. The number of fused-ring (bicyclic) bond motifs is 1. The molecule has 0 spiro atoms. The lowest BCUT2D eigenvalue weighted by Crippen LogP contribution is -2.16. The second-order valence-corrected chi connectivity index (χ2v) is 3.40. The fourth-order valence-electron chi connectivity index (χ4n) is 1.47. The van der Waals surface area contributed by atoms with Crippen LogP contribution in [0.2, 0.25) is 0 Å². The number of aromatic nitrogens is 2. The van der Waals surface area contributed by atoms with E-state index in [0.717, 1.165) is 0 Å². The second-order valence-electron chi connectivity index (χ2n) is 3.40. The third-order valence-corrected chi connectivity index (χ3v) is 2.07. The van der Waals surface area contributed by atoms with E-state index in [9.17, 15) is 13.2 Å². The Hall–Kier alpha value is -1.98. The Bertz CT molecular complexity index is 545. The van der Waals surface area contributed by atoms with Crippen LogP contribution < -0.4 is 4.74 Å². The monoisotopic (exact) mass is 242 g/mol. The van der Waals surface area contributed by atoms with E-state index in [1.54, 1.807) is 6.08 Å². The lowest BCUT2D eigenvalue weighted by molar-refractivity contribution is -0.274. The van der Waals surface area contributed by atoms with Crippen LogP contribution in [0, 0.1) is 0 Å². The highest BCUT2D eigenvalue weighted by molar-refractivity contribution is 5.76. The Kier molecular flexibility index (Phi) is 2.79. The van der Waals surface area contributed by atoms with Gasteiger partial charge in [0, 0.05) is 12.5 Å². The van der Waals surface area contributed by atoms with Crippen molar-refractivity contribution in [3.63, 3.8) is 0 Å². The van der Waals surface area contributed by atoms with Crippen molar-refractivity contribution in [3.05, 3.63) is 36.7 Å². The molecular weight excluding hydrogens is 233 g/mol. The summed E-state index contributed by atoms with van der Waals surface area (Å²) in [7, 11) is 0. The Balaban J connectivity index is 2.33. The van der Waals surface area contributed by atoms with Crippen molar-refractivity contribution in [1.82, 2.24) is 9.97 Å². The van der Waals surface area contributed by atoms with Crippen LogP contribution in [0.4, 0.5) is 13.2 Å². The summed E-state index contributed by atoms with van der Waals surface area (Å²) >= 11 is 0. The molecule has 0 fully saturated rings. The molecule has 2 rings (SSSR count). The minimum atomic E-state index is -4.69. The summed E-state index contributed by atoms with van der Waals surface area (Å²) in [6.45, 7) is 3.56. The van der Waals surface area contributed by atoms with E-state index in [1.165, 1.54) is 18.2 Å². The molecule has 0 saturated heterocycles. The number of alkyl halides is 3.